The standard InChI is InChI=1S/C16H32O5/c1-3-5-7-9-13-16(20,10-8-6-4-2)15(19)14(18)12(11-17)21-13/h12-15,17-20H,3-11H2,1-2H3/t12-,13?,14-,15+,16+/m1/s1. The summed E-state index contributed by atoms with van der Waals surface area (Å²) in [7, 11) is 0. The molecule has 1 saturated heterocycles. The maximum absolute atomic E-state index is 10.9. The molecule has 4 N–H and O–H groups in total. The lowest BCUT2D eigenvalue weighted by molar-refractivity contribution is -0.278. The highest BCUT2D eigenvalue weighted by molar-refractivity contribution is 5.03. The average molecular weight is 304 g/mol. The van der Waals surface area contributed by atoms with Gasteiger partial charge in [0.15, 0.2) is 0 Å². The molecule has 1 rings (SSSR count). The van der Waals surface area contributed by atoms with Crippen LogP contribution in [-0.4, -0.2) is 57.0 Å². The van der Waals surface area contributed by atoms with Gasteiger partial charge in [-0.3, -0.25) is 0 Å². The number of hydrogen-bond donors (Lipinski definition) is 4. The molecule has 0 radical (unpaired) electrons. The second-order valence-electron chi connectivity index (χ2n) is 6.23. The molecule has 0 aromatic heterocycles. The molecule has 1 aliphatic heterocycles. The quantitative estimate of drug-likeness (QED) is 0.483. The summed E-state index contributed by atoms with van der Waals surface area (Å²) in [5, 5.41) is 40.5. The molecule has 1 unspecified atom stereocenters. The van der Waals surface area contributed by atoms with Gasteiger partial charge < -0.3 is 25.2 Å². The van der Waals surface area contributed by atoms with E-state index in [1.54, 1.807) is 0 Å². The summed E-state index contributed by atoms with van der Waals surface area (Å²) in [5.41, 5.74) is -1.42. The van der Waals surface area contributed by atoms with E-state index >= 15 is 0 Å². The van der Waals surface area contributed by atoms with Crippen LogP contribution in [0.15, 0.2) is 0 Å². The Kier molecular flexibility index (Phi) is 8.13. The predicted octanol–water partition coefficient (Wildman–Crippen LogP) is 1.36. The van der Waals surface area contributed by atoms with Gasteiger partial charge in [0, 0.05) is 0 Å². The first-order valence-corrected chi connectivity index (χ1v) is 8.36. The number of aliphatic hydroxyl groups is 4. The Morgan fingerprint density at radius 3 is 2.19 bits per heavy atom. The Morgan fingerprint density at radius 2 is 1.62 bits per heavy atom. The number of aliphatic hydroxyl groups excluding tert-OH is 3. The summed E-state index contributed by atoms with van der Waals surface area (Å²) in [6, 6.07) is 0. The third kappa shape index (κ3) is 4.63. The average Bonchev–Trinajstić information content (AvgIpc) is 2.48. The van der Waals surface area contributed by atoms with Crippen molar-refractivity contribution in [3.63, 3.8) is 0 Å². The molecule has 21 heavy (non-hydrogen) atoms. The summed E-state index contributed by atoms with van der Waals surface area (Å²) in [5.74, 6) is 0. The van der Waals surface area contributed by atoms with Gasteiger partial charge in [-0.15, -0.1) is 0 Å². The van der Waals surface area contributed by atoms with Crippen molar-refractivity contribution in [2.45, 2.75) is 95.2 Å². The van der Waals surface area contributed by atoms with E-state index in [-0.39, 0.29) is 6.61 Å². The van der Waals surface area contributed by atoms with Crippen molar-refractivity contribution in [3.8, 4) is 0 Å². The minimum Gasteiger partial charge on any atom is -0.394 e. The van der Waals surface area contributed by atoms with Crippen LogP contribution in [-0.2, 0) is 4.74 Å². The Bertz CT molecular complexity index is 286. The molecule has 0 aromatic rings. The Morgan fingerprint density at radius 1 is 1.00 bits per heavy atom. The second-order valence-corrected chi connectivity index (χ2v) is 6.23. The van der Waals surface area contributed by atoms with E-state index in [2.05, 4.69) is 13.8 Å². The smallest absolute Gasteiger partial charge is 0.119 e. The molecular formula is C16H32O5. The molecular weight excluding hydrogens is 272 g/mol. The molecule has 5 heteroatoms. The molecule has 0 spiro atoms. The van der Waals surface area contributed by atoms with Gasteiger partial charge in [0.2, 0.25) is 0 Å². The number of unbranched alkanes of at least 4 members (excludes halogenated alkanes) is 4. The molecule has 5 nitrogen and oxygen atoms in total. The van der Waals surface area contributed by atoms with Crippen molar-refractivity contribution in [3.05, 3.63) is 0 Å². The zero-order valence-electron chi connectivity index (χ0n) is 13.4. The van der Waals surface area contributed by atoms with Crippen LogP contribution in [0, 0.1) is 0 Å². The van der Waals surface area contributed by atoms with E-state index in [1.807, 2.05) is 0 Å². The molecule has 0 saturated carbocycles. The second kappa shape index (κ2) is 9.06. The van der Waals surface area contributed by atoms with E-state index in [4.69, 9.17) is 4.74 Å². The van der Waals surface area contributed by atoms with E-state index in [9.17, 15) is 20.4 Å². The van der Waals surface area contributed by atoms with Gasteiger partial charge in [-0.2, -0.15) is 0 Å². The third-order valence-electron chi connectivity index (χ3n) is 4.54. The first kappa shape index (κ1) is 18.8. The maximum Gasteiger partial charge on any atom is 0.119 e. The molecule has 126 valence electrons. The number of ether oxygens (including phenoxy) is 1. The number of hydrogen-bond acceptors (Lipinski definition) is 5. The number of rotatable bonds is 9. The van der Waals surface area contributed by atoms with Crippen molar-refractivity contribution in [2.75, 3.05) is 6.61 Å². The van der Waals surface area contributed by atoms with Crippen molar-refractivity contribution in [1.82, 2.24) is 0 Å². The highest BCUT2D eigenvalue weighted by atomic mass is 16.5. The maximum atomic E-state index is 10.9. The summed E-state index contributed by atoms with van der Waals surface area (Å²) < 4.78 is 5.70. The lowest BCUT2D eigenvalue weighted by Crippen LogP contribution is -2.66. The monoisotopic (exact) mass is 304 g/mol. The van der Waals surface area contributed by atoms with Crippen LogP contribution in [0.5, 0.6) is 0 Å². The van der Waals surface area contributed by atoms with Gasteiger partial charge in [-0.25, -0.2) is 0 Å². The first-order chi connectivity index (χ1) is 10.0. The van der Waals surface area contributed by atoms with Crippen molar-refractivity contribution in [1.29, 1.82) is 0 Å². The summed E-state index contributed by atoms with van der Waals surface area (Å²) in [6.07, 6.45) is 2.96. The van der Waals surface area contributed by atoms with Gasteiger partial charge in [0.05, 0.1) is 12.7 Å². The van der Waals surface area contributed by atoms with E-state index < -0.39 is 30.0 Å². The van der Waals surface area contributed by atoms with E-state index in [0.29, 0.717) is 12.8 Å². The predicted molar refractivity (Wildman–Crippen MR) is 81.0 cm³/mol. The Labute approximate surface area is 127 Å². The minimum atomic E-state index is -1.42. The van der Waals surface area contributed by atoms with Gasteiger partial charge >= 0.3 is 0 Å². The van der Waals surface area contributed by atoms with Gasteiger partial charge in [-0.1, -0.05) is 52.4 Å². The fourth-order valence-corrected chi connectivity index (χ4v) is 3.11. The zero-order chi connectivity index (χ0) is 15.9. The minimum absolute atomic E-state index is 0.354. The van der Waals surface area contributed by atoms with Gasteiger partial charge in [0.1, 0.15) is 23.9 Å². The van der Waals surface area contributed by atoms with Crippen LogP contribution < -0.4 is 0 Å². The van der Waals surface area contributed by atoms with Gasteiger partial charge in [0.25, 0.3) is 0 Å². The lowest BCUT2D eigenvalue weighted by Gasteiger charge is -2.48. The Balaban J connectivity index is 2.78. The molecule has 0 amide bonds. The lowest BCUT2D eigenvalue weighted by atomic mass is 9.77. The van der Waals surface area contributed by atoms with Crippen LogP contribution in [0.1, 0.15) is 65.2 Å². The summed E-state index contributed by atoms with van der Waals surface area (Å²) in [4.78, 5) is 0. The van der Waals surface area contributed by atoms with Crippen LogP contribution in [0.3, 0.4) is 0 Å². The summed E-state index contributed by atoms with van der Waals surface area (Å²) >= 11 is 0. The van der Waals surface area contributed by atoms with Gasteiger partial charge in [-0.05, 0) is 12.8 Å². The summed E-state index contributed by atoms with van der Waals surface area (Å²) in [6.45, 7) is 3.82. The molecule has 0 bridgehead atoms. The van der Waals surface area contributed by atoms with Crippen molar-refractivity contribution in [2.24, 2.45) is 0 Å². The highest BCUT2D eigenvalue weighted by Gasteiger charge is 2.53. The van der Waals surface area contributed by atoms with E-state index in [0.717, 1.165) is 38.5 Å². The van der Waals surface area contributed by atoms with Crippen molar-refractivity contribution < 1.29 is 25.2 Å². The fourth-order valence-electron chi connectivity index (χ4n) is 3.11. The van der Waals surface area contributed by atoms with Crippen LogP contribution in [0.25, 0.3) is 0 Å². The molecule has 0 aliphatic carbocycles. The molecule has 1 fully saturated rings. The molecule has 5 atom stereocenters. The van der Waals surface area contributed by atoms with Crippen LogP contribution in [0.2, 0.25) is 0 Å². The normalized spacial score (nSPS) is 36.9. The Hall–Kier alpha value is -0.200. The first-order valence-electron chi connectivity index (χ1n) is 8.36. The molecule has 1 heterocycles. The zero-order valence-corrected chi connectivity index (χ0v) is 13.4. The van der Waals surface area contributed by atoms with Crippen LogP contribution in [0.4, 0.5) is 0 Å². The highest BCUT2D eigenvalue weighted by Crippen LogP contribution is 2.36. The van der Waals surface area contributed by atoms with E-state index in [1.165, 1.54) is 0 Å². The fraction of sp³-hybridized carbons (Fsp3) is 1.00. The van der Waals surface area contributed by atoms with Crippen LogP contribution >= 0.6 is 0 Å². The molecule has 1 aliphatic rings. The SMILES string of the molecule is CCCCCC1O[C@H](CO)[C@@H](O)[C@H](O)[C@]1(O)CCCCC. The third-order valence-corrected chi connectivity index (χ3v) is 4.54. The van der Waals surface area contributed by atoms with Crippen molar-refractivity contribution >= 4 is 0 Å². The molecule has 0 aromatic carbocycles. The largest absolute Gasteiger partial charge is 0.394 e. The topological polar surface area (TPSA) is 90.2 Å².